The van der Waals surface area contributed by atoms with E-state index in [-0.39, 0.29) is 25.5 Å². The molecule has 0 fully saturated rings. The van der Waals surface area contributed by atoms with Gasteiger partial charge in [0.15, 0.2) is 0 Å². The standard InChI is InChI=1S/C25H41N5O10/c26-29-22(20-27-5-10-36-13-12-35-9-1-8-31)21-40-19-18-39-17-16-38-15-14-37-11-6-28-23(32)4-7-30-24(33)2-3-25(30)34/h2-3,8,20H,1,4-7,9-19,21,26H2,(H,28,32)/b27-20?,29-22+. The molecule has 0 aromatic heterocycles. The Morgan fingerprint density at radius 1 is 0.825 bits per heavy atom. The molecule has 40 heavy (non-hydrogen) atoms. The summed E-state index contributed by atoms with van der Waals surface area (Å²) < 4.78 is 32.2. The lowest BCUT2D eigenvalue weighted by molar-refractivity contribution is -0.137. The monoisotopic (exact) mass is 571 g/mol. The lowest BCUT2D eigenvalue weighted by Gasteiger charge is -2.13. The van der Waals surface area contributed by atoms with Crippen LogP contribution in [0.3, 0.4) is 0 Å². The average molecular weight is 572 g/mol. The molecule has 0 atom stereocenters. The summed E-state index contributed by atoms with van der Waals surface area (Å²) in [4.78, 5) is 49.9. The minimum absolute atomic E-state index is 0.0444. The van der Waals surface area contributed by atoms with Crippen molar-refractivity contribution in [3.8, 4) is 0 Å². The van der Waals surface area contributed by atoms with Gasteiger partial charge in [-0.3, -0.25) is 24.3 Å². The van der Waals surface area contributed by atoms with E-state index in [1.165, 1.54) is 18.4 Å². The van der Waals surface area contributed by atoms with Gasteiger partial charge in [0, 0.05) is 44.3 Å². The molecule has 0 unspecified atom stereocenters. The molecular formula is C25H41N5O10. The largest absolute Gasteiger partial charge is 0.379 e. The lowest BCUT2D eigenvalue weighted by atomic mass is 10.3. The highest BCUT2D eigenvalue weighted by Gasteiger charge is 2.23. The second-order valence-electron chi connectivity index (χ2n) is 7.99. The summed E-state index contributed by atoms with van der Waals surface area (Å²) in [5, 5.41) is 6.29. The van der Waals surface area contributed by atoms with Gasteiger partial charge >= 0.3 is 0 Å². The number of aliphatic imine (C=N–C) groups is 1. The quantitative estimate of drug-likeness (QED) is 0.0291. The predicted octanol–water partition coefficient (Wildman–Crippen LogP) is -1.51. The third-order valence-electron chi connectivity index (χ3n) is 4.92. The second-order valence-corrected chi connectivity index (χ2v) is 7.99. The van der Waals surface area contributed by atoms with Gasteiger partial charge in [0.2, 0.25) is 5.91 Å². The Morgan fingerprint density at radius 2 is 1.38 bits per heavy atom. The molecule has 15 heteroatoms. The van der Waals surface area contributed by atoms with E-state index in [0.29, 0.717) is 97.9 Å². The molecule has 1 heterocycles. The maximum absolute atomic E-state index is 11.8. The number of carbonyl (C=O) groups excluding carboxylic acids is 4. The van der Waals surface area contributed by atoms with E-state index in [2.05, 4.69) is 15.4 Å². The highest BCUT2D eigenvalue weighted by atomic mass is 16.6. The van der Waals surface area contributed by atoms with Crippen molar-refractivity contribution in [3.63, 3.8) is 0 Å². The lowest BCUT2D eigenvalue weighted by Crippen LogP contribution is -2.35. The number of nitrogens with zero attached hydrogens (tertiary/aromatic N) is 3. The van der Waals surface area contributed by atoms with Crippen LogP contribution in [0.15, 0.2) is 22.2 Å². The molecule has 1 aliphatic heterocycles. The summed E-state index contributed by atoms with van der Waals surface area (Å²) in [5.74, 6) is 4.27. The van der Waals surface area contributed by atoms with Gasteiger partial charge in [0.25, 0.3) is 11.8 Å². The van der Waals surface area contributed by atoms with E-state index in [1.54, 1.807) is 0 Å². The maximum atomic E-state index is 11.8. The van der Waals surface area contributed by atoms with Crippen molar-refractivity contribution in [2.75, 3.05) is 98.9 Å². The van der Waals surface area contributed by atoms with Crippen LogP contribution in [-0.4, -0.2) is 140 Å². The van der Waals surface area contributed by atoms with Gasteiger partial charge in [-0.15, -0.1) is 0 Å². The molecule has 3 N–H and O–H groups in total. The van der Waals surface area contributed by atoms with Crippen LogP contribution in [0, 0.1) is 0 Å². The van der Waals surface area contributed by atoms with Crippen molar-refractivity contribution in [3.05, 3.63) is 12.2 Å². The van der Waals surface area contributed by atoms with Crippen LogP contribution in [0.2, 0.25) is 0 Å². The molecular weight excluding hydrogens is 530 g/mol. The number of nitrogens with one attached hydrogen (secondary N) is 1. The van der Waals surface area contributed by atoms with Crippen LogP contribution < -0.4 is 11.2 Å². The number of hydrogen-bond acceptors (Lipinski definition) is 13. The number of ether oxygens (including phenoxy) is 6. The molecule has 0 aromatic rings. The van der Waals surface area contributed by atoms with E-state index in [0.717, 1.165) is 11.2 Å². The zero-order valence-corrected chi connectivity index (χ0v) is 22.8. The first-order valence-electron chi connectivity index (χ1n) is 13.1. The van der Waals surface area contributed by atoms with Crippen molar-refractivity contribution in [1.29, 1.82) is 0 Å². The summed E-state index contributed by atoms with van der Waals surface area (Å²) in [5.41, 5.74) is 0.493. The fourth-order valence-electron chi connectivity index (χ4n) is 2.90. The van der Waals surface area contributed by atoms with Crippen molar-refractivity contribution in [2.45, 2.75) is 12.8 Å². The molecule has 0 aromatic carbocycles. The Kier molecular flexibility index (Phi) is 21.8. The van der Waals surface area contributed by atoms with Crippen molar-refractivity contribution in [2.24, 2.45) is 15.9 Å². The minimum Gasteiger partial charge on any atom is -0.379 e. The van der Waals surface area contributed by atoms with E-state index < -0.39 is 11.8 Å². The number of hydrogen-bond donors (Lipinski definition) is 2. The van der Waals surface area contributed by atoms with Crippen molar-refractivity contribution < 1.29 is 47.6 Å². The molecule has 1 rings (SSSR count). The van der Waals surface area contributed by atoms with Gasteiger partial charge in [0.05, 0.1) is 85.8 Å². The topological polar surface area (TPSA) is 190 Å². The number of amides is 3. The fraction of sp³-hybridized carbons (Fsp3) is 0.680. The molecule has 0 aliphatic carbocycles. The van der Waals surface area contributed by atoms with E-state index >= 15 is 0 Å². The molecule has 0 saturated carbocycles. The molecule has 0 spiro atoms. The smallest absolute Gasteiger partial charge is 0.253 e. The molecule has 0 bridgehead atoms. The molecule has 226 valence electrons. The first-order chi connectivity index (χ1) is 19.6. The van der Waals surface area contributed by atoms with E-state index in [9.17, 15) is 19.2 Å². The van der Waals surface area contributed by atoms with E-state index in [4.69, 9.17) is 34.3 Å². The number of imide groups is 1. The Balaban J connectivity index is 1.83. The maximum Gasteiger partial charge on any atom is 0.253 e. The third-order valence-corrected chi connectivity index (χ3v) is 4.92. The Hall–Kier alpha value is -3.08. The van der Waals surface area contributed by atoms with Gasteiger partial charge in [-0.25, -0.2) is 0 Å². The van der Waals surface area contributed by atoms with Crippen molar-refractivity contribution in [1.82, 2.24) is 10.2 Å². The number of aldehydes is 1. The number of nitrogens with two attached hydrogens (primary N) is 1. The fourth-order valence-corrected chi connectivity index (χ4v) is 2.90. The van der Waals surface area contributed by atoms with Gasteiger partial charge in [-0.05, 0) is 0 Å². The Labute approximate surface area is 234 Å². The van der Waals surface area contributed by atoms with Crippen LogP contribution in [0.4, 0.5) is 0 Å². The highest BCUT2D eigenvalue weighted by Crippen LogP contribution is 2.03. The molecule has 1 aliphatic rings. The SMILES string of the molecule is N/N=C(\C=NCCOCCOCCC=O)COCCOCCOCCOCCNC(=O)CCN1C(=O)C=CC1=O. The zero-order valence-electron chi connectivity index (χ0n) is 22.8. The van der Waals surface area contributed by atoms with Gasteiger partial charge in [-0.1, -0.05) is 0 Å². The molecule has 15 nitrogen and oxygen atoms in total. The predicted molar refractivity (Wildman–Crippen MR) is 144 cm³/mol. The summed E-state index contributed by atoms with van der Waals surface area (Å²) in [7, 11) is 0. The Bertz CT molecular complexity index is 804. The molecule has 3 amide bonds. The van der Waals surface area contributed by atoms with Gasteiger partial charge < -0.3 is 44.4 Å². The second kappa shape index (κ2) is 24.9. The summed E-state index contributed by atoms with van der Waals surface area (Å²) in [6.07, 6.45) is 5.15. The summed E-state index contributed by atoms with van der Waals surface area (Å²) in [6, 6.07) is 0. The number of hydrazone groups is 1. The van der Waals surface area contributed by atoms with Gasteiger partial charge in [-0.2, -0.15) is 5.10 Å². The third kappa shape index (κ3) is 19.1. The number of rotatable bonds is 27. The molecule has 0 radical (unpaired) electrons. The minimum atomic E-state index is -0.403. The van der Waals surface area contributed by atoms with Crippen molar-refractivity contribution >= 4 is 35.9 Å². The van der Waals surface area contributed by atoms with E-state index in [1.807, 2.05) is 0 Å². The summed E-state index contributed by atoms with van der Waals surface area (Å²) >= 11 is 0. The van der Waals surface area contributed by atoms with Crippen LogP contribution >= 0.6 is 0 Å². The average Bonchev–Trinajstić information content (AvgIpc) is 3.28. The number of carbonyl (C=O) groups is 4. The highest BCUT2D eigenvalue weighted by molar-refractivity contribution is 6.31. The van der Waals surface area contributed by atoms with Crippen LogP contribution in [-0.2, 0) is 47.6 Å². The van der Waals surface area contributed by atoms with Crippen LogP contribution in [0.1, 0.15) is 12.8 Å². The normalized spacial score (nSPS) is 13.6. The molecule has 0 saturated heterocycles. The van der Waals surface area contributed by atoms with Crippen LogP contribution in [0.25, 0.3) is 0 Å². The zero-order chi connectivity index (χ0) is 29.1. The van der Waals surface area contributed by atoms with Gasteiger partial charge in [0.1, 0.15) is 12.0 Å². The Morgan fingerprint density at radius 3 is 1.98 bits per heavy atom. The first-order valence-corrected chi connectivity index (χ1v) is 13.1. The summed E-state index contributed by atoms with van der Waals surface area (Å²) in [6.45, 7) is 5.34. The van der Waals surface area contributed by atoms with Crippen LogP contribution in [0.5, 0.6) is 0 Å². The first kappa shape index (κ1) is 34.9.